The first-order valence-corrected chi connectivity index (χ1v) is 6.69. The lowest BCUT2D eigenvalue weighted by molar-refractivity contribution is -0.172. The third-order valence-corrected chi connectivity index (χ3v) is 3.41. The molecule has 112 valence electrons. The fraction of sp³-hybridized carbons (Fsp3) is 0.200. The molecule has 0 bridgehead atoms. The first-order valence-electron chi connectivity index (χ1n) is 6.69. The molecule has 0 saturated heterocycles. The number of aryl methyl sites for hydroxylation is 1. The highest BCUT2D eigenvalue weighted by Gasteiger charge is 2.39. The third-order valence-electron chi connectivity index (χ3n) is 3.41. The zero-order chi connectivity index (χ0) is 15.9. The lowest BCUT2D eigenvalue weighted by atomic mass is 10.1. The van der Waals surface area contributed by atoms with Crippen molar-refractivity contribution in [3.05, 3.63) is 53.3 Å². The number of amides is 2. The van der Waals surface area contributed by atoms with Gasteiger partial charge < -0.3 is 4.84 Å². The summed E-state index contributed by atoms with van der Waals surface area (Å²) in [5.41, 5.74) is 1.34. The van der Waals surface area contributed by atoms with Gasteiger partial charge in [-0.1, -0.05) is 17.2 Å². The minimum Gasteiger partial charge on any atom is -0.327 e. The summed E-state index contributed by atoms with van der Waals surface area (Å²) in [7, 11) is 0. The van der Waals surface area contributed by atoms with E-state index in [1.165, 1.54) is 16.8 Å². The topological polar surface area (TPSA) is 81.5 Å². The summed E-state index contributed by atoms with van der Waals surface area (Å²) < 4.78 is 1.41. The molecular weight excluding hydrogens is 286 g/mol. The molecule has 2 heterocycles. The number of nitrogens with zero attached hydrogens (tertiary/aromatic N) is 3. The van der Waals surface area contributed by atoms with E-state index in [9.17, 15) is 14.4 Å². The molecule has 1 aliphatic heterocycles. The number of imide groups is 1. The van der Waals surface area contributed by atoms with E-state index < -0.39 is 23.8 Å². The van der Waals surface area contributed by atoms with Crippen molar-refractivity contribution in [1.82, 2.24) is 14.8 Å². The van der Waals surface area contributed by atoms with Crippen LogP contribution in [0.5, 0.6) is 0 Å². The third kappa shape index (κ3) is 2.16. The van der Waals surface area contributed by atoms with Crippen LogP contribution < -0.4 is 0 Å². The Morgan fingerprint density at radius 1 is 1.18 bits per heavy atom. The summed E-state index contributed by atoms with van der Waals surface area (Å²) in [4.78, 5) is 41.3. The minimum absolute atomic E-state index is 0.225. The number of aromatic nitrogens is 2. The molecule has 7 nitrogen and oxygen atoms in total. The number of carbonyl (C=O) groups is 3. The summed E-state index contributed by atoms with van der Waals surface area (Å²) in [6.07, 6.45) is 3.28. The molecule has 1 aliphatic rings. The van der Waals surface area contributed by atoms with Gasteiger partial charge in [-0.15, -0.1) is 0 Å². The maximum atomic E-state index is 12.1. The van der Waals surface area contributed by atoms with Crippen LogP contribution in [0.1, 0.15) is 39.2 Å². The van der Waals surface area contributed by atoms with Gasteiger partial charge in [0.1, 0.15) is 6.04 Å². The molecule has 1 aromatic carbocycles. The molecule has 3 rings (SSSR count). The highest BCUT2D eigenvalue weighted by Crippen LogP contribution is 2.23. The van der Waals surface area contributed by atoms with Crippen molar-refractivity contribution in [2.45, 2.75) is 19.9 Å². The first-order chi connectivity index (χ1) is 10.5. The van der Waals surface area contributed by atoms with Crippen molar-refractivity contribution >= 4 is 17.8 Å². The van der Waals surface area contributed by atoms with E-state index in [1.54, 1.807) is 31.5 Å². The molecule has 2 amide bonds. The van der Waals surface area contributed by atoms with Crippen LogP contribution in [0.25, 0.3) is 0 Å². The fourth-order valence-electron chi connectivity index (χ4n) is 2.17. The van der Waals surface area contributed by atoms with Crippen molar-refractivity contribution in [3.8, 4) is 0 Å². The van der Waals surface area contributed by atoms with Gasteiger partial charge in [0.05, 0.1) is 17.3 Å². The molecule has 22 heavy (non-hydrogen) atoms. The second-order valence-corrected chi connectivity index (χ2v) is 5.03. The van der Waals surface area contributed by atoms with Gasteiger partial charge in [-0.2, -0.15) is 5.10 Å². The normalized spacial score (nSPS) is 14.9. The van der Waals surface area contributed by atoms with E-state index in [0.717, 1.165) is 5.56 Å². The van der Waals surface area contributed by atoms with Crippen LogP contribution in [0.2, 0.25) is 0 Å². The molecule has 0 spiro atoms. The van der Waals surface area contributed by atoms with Crippen molar-refractivity contribution in [2.24, 2.45) is 0 Å². The van der Waals surface area contributed by atoms with Crippen LogP contribution in [-0.2, 0) is 9.63 Å². The molecule has 7 heteroatoms. The van der Waals surface area contributed by atoms with Gasteiger partial charge in [0, 0.05) is 6.20 Å². The van der Waals surface area contributed by atoms with Crippen molar-refractivity contribution in [3.63, 3.8) is 0 Å². The molecule has 1 unspecified atom stereocenters. The number of rotatable bonds is 3. The molecule has 0 aliphatic carbocycles. The average molecular weight is 299 g/mol. The molecule has 0 radical (unpaired) electrons. The second kappa shape index (κ2) is 5.10. The van der Waals surface area contributed by atoms with Gasteiger partial charge in [0.2, 0.25) is 0 Å². The Kier molecular flexibility index (Phi) is 3.25. The van der Waals surface area contributed by atoms with Crippen LogP contribution in [-0.4, -0.2) is 32.6 Å². The predicted molar refractivity (Wildman–Crippen MR) is 74.7 cm³/mol. The van der Waals surface area contributed by atoms with Crippen LogP contribution in [0.3, 0.4) is 0 Å². The fourth-order valence-corrected chi connectivity index (χ4v) is 2.17. The van der Waals surface area contributed by atoms with Crippen LogP contribution in [0, 0.1) is 6.92 Å². The quantitative estimate of drug-likeness (QED) is 0.802. The Morgan fingerprint density at radius 2 is 1.77 bits per heavy atom. The highest BCUT2D eigenvalue weighted by atomic mass is 16.7. The van der Waals surface area contributed by atoms with E-state index in [1.807, 2.05) is 6.92 Å². The van der Waals surface area contributed by atoms with Gasteiger partial charge in [-0.05, 0) is 31.5 Å². The number of hydrogen-bond donors (Lipinski definition) is 0. The van der Waals surface area contributed by atoms with E-state index in [0.29, 0.717) is 5.06 Å². The largest absolute Gasteiger partial charge is 0.357 e. The Bertz CT molecular complexity index is 746. The van der Waals surface area contributed by atoms with Crippen molar-refractivity contribution in [2.75, 3.05) is 0 Å². The number of benzene rings is 1. The SMILES string of the molecule is Cc1cnn(C(C)C(=O)ON2C(=O)c3ccccc3C2=O)c1. The lowest BCUT2D eigenvalue weighted by Crippen LogP contribution is -2.35. The Hall–Kier alpha value is -2.96. The standard InChI is InChI=1S/C15H13N3O4/c1-9-7-16-17(8-9)10(2)15(21)22-18-13(19)11-5-3-4-6-12(11)14(18)20/h3-8,10H,1-2H3. The van der Waals surface area contributed by atoms with E-state index in [2.05, 4.69) is 5.10 Å². The number of fused-ring (bicyclic) bond motifs is 1. The van der Waals surface area contributed by atoms with Crippen LogP contribution in [0.4, 0.5) is 0 Å². The molecule has 0 fully saturated rings. The summed E-state index contributed by atoms with van der Waals surface area (Å²) in [5, 5.41) is 4.52. The van der Waals surface area contributed by atoms with Crippen LogP contribution in [0.15, 0.2) is 36.7 Å². The Balaban J connectivity index is 1.78. The molecule has 0 N–H and O–H groups in total. The summed E-state index contributed by atoms with van der Waals surface area (Å²) >= 11 is 0. The monoisotopic (exact) mass is 299 g/mol. The zero-order valence-electron chi connectivity index (χ0n) is 12.0. The summed E-state index contributed by atoms with van der Waals surface area (Å²) in [5.74, 6) is -2.02. The summed E-state index contributed by atoms with van der Waals surface area (Å²) in [6.45, 7) is 3.42. The molecular formula is C15H13N3O4. The van der Waals surface area contributed by atoms with E-state index in [-0.39, 0.29) is 11.1 Å². The van der Waals surface area contributed by atoms with Gasteiger partial charge in [-0.25, -0.2) is 4.79 Å². The lowest BCUT2D eigenvalue weighted by Gasteiger charge is -2.16. The van der Waals surface area contributed by atoms with Gasteiger partial charge in [0.15, 0.2) is 0 Å². The molecule has 2 aromatic rings. The van der Waals surface area contributed by atoms with Gasteiger partial charge >= 0.3 is 5.97 Å². The highest BCUT2D eigenvalue weighted by molar-refractivity contribution is 6.20. The maximum absolute atomic E-state index is 12.1. The first kappa shape index (κ1) is 14.0. The number of carbonyl (C=O) groups excluding carboxylic acids is 3. The minimum atomic E-state index is -0.752. The van der Waals surface area contributed by atoms with Gasteiger partial charge in [0.25, 0.3) is 11.8 Å². The molecule has 1 aromatic heterocycles. The smallest absolute Gasteiger partial charge is 0.327 e. The average Bonchev–Trinajstić information content (AvgIpc) is 3.05. The summed E-state index contributed by atoms with van der Waals surface area (Å²) in [6, 6.07) is 5.57. The van der Waals surface area contributed by atoms with E-state index in [4.69, 9.17) is 4.84 Å². The number of hydroxylamine groups is 2. The van der Waals surface area contributed by atoms with E-state index >= 15 is 0 Å². The Morgan fingerprint density at radius 3 is 2.27 bits per heavy atom. The van der Waals surface area contributed by atoms with Gasteiger partial charge in [-0.3, -0.25) is 14.3 Å². The zero-order valence-corrected chi connectivity index (χ0v) is 12.0. The molecule has 1 atom stereocenters. The Labute approximate surface area is 126 Å². The van der Waals surface area contributed by atoms with Crippen molar-refractivity contribution < 1.29 is 19.2 Å². The number of hydrogen-bond acceptors (Lipinski definition) is 5. The molecule has 0 saturated carbocycles. The predicted octanol–water partition coefficient (Wildman–Crippen LogP) is 1.51. The van der Waals surface area contributed by atoms with Crippen molar-refractivity contribution in [1.29, 1.82) is 0 Å². The second-order valence-electron chi connectivity index (χ2n) is 5.03. The van der Waals surface area contributed by atoms with Crippen LogP contribution >= 0.6 is 0 Å². The maximum Gasteiger partial charge on any atom is 0.357 e.